The van der Waals surface area contributed by atoms with Crippen LogP contribution < -0.4 is 5.32 Å². The number of aliphatic carboxylic acids is 1. The molecule has 2 N–H and O–H groups in total. The molecule has 0 bridgehead atoms. The number of imidazole rings is 1. The first kappa shape index (κ1) is 22.3. The van der Waals surface area contributed by atoms with Gasteiger partial charge in [-0.15, -0.1) is 0 Å². The van der Waals surface area contributed by atoms with Crippen molar-refractivity contribution in [2.24, 2.45) is 5.41 Å². The number of carbonyl (C=O) groups is 1. The lowest BCUT2D eigenvalue weighted by Gasteiger charge is -2.36. The molecule has 0 saturated heterocycles. The van der Waals surface area contributed by atoms with E-state index in [2.05, 4.69) is 49.7 Å². The van der Waals surface area contributed by atoms with Crippen LogP contribution in [0.4, 0.5) is 16.0 Å². The standard InChI is InChI=1S/C26H32FN3O2/c1-16(2)17-7-9-19(10-8-17)28-25-29-22-12-18(13-24(31)32)21(27)14-23(22)30(25)20-6-5-11-26(3,4)15-20/h7-10,12,14,16,20H,5-6,11,13,15H2,1-4H3,(H,28,29)(H,31,32). The molecule has 170 valence electrons. The van der Waals surface area contributed by atoms with Gasteiger partial charge in [0, 0.05) is 23.4 Å². The largest absolute Gasteiger partial charge is 0.481 e. The molecule has 5 nitrogen and oxygen atoms in total. The molecule has 1 aliphatic rings. The van der Waals surface area contributed by atoms with Crippen molar-refractivity contribution in [2.45, 2.75) is 71.8 Å². The van der Waals surface area contributed by atoms with E-state index in [0.717, 1.165) is 24.9 Å². The van der Waals surface area contributed by atoms with Crippen molar-refractivity contribution < 1.29 is 14.3 Å². The highest BCUT2D eigenvalue weighted by Crippen LogP contribution is 2.43. The molecule has 3 aromatic rings. The summed E-state index contributed by atoms with van der Waals surface area (Å²) in [6, 6.07) is 11.5. The van der Waals surface area contributed by atoms with E-state index >= 15 is 0 Å². The molecule has 0 amide bonds. The summed E-state index contributed by atoms with van der Waals surface area (Å²) >= 11 is 0. The summed E-state index contributed by atoms with van der Waals surface area (Å²) in [6.45, 7) is 8.88. The Labute approximate surface area is 188 Å². The molecule has 0 aliphatic heterocycles. The first-order valence-corrected chi connectivity index (χ1v) is 11.4. The number of hydrogen-bond acceptors (Lipinski definition) is 3. The second-order valence-electron chi connectivity index (χ2n) is 10.1. The van der Waals surface area contributed by atoms with Gasteiger partial charge in [0.25, 0.3) is 0 Å². The minimum Gasteiger partial charge on any atom is -0.481 e. The molecule has 1 saturated carbocycles. The fourth-order valence-electron chi connectivity index (χ4n) is 4.87. The highest BCUT2D eigenvalue weighted by atomic mass is 19.1. The van der Waals surface area contributed by atoms with Crippen LogP contribution in [0.5, 0.6) is 0 Å². The van der Waals surface area contributed by atoms with Crippen molar-refractivity contribution in [1.29, 1.82) is 0 Å². The summed E-state index contributed by atoms with van der Waals surface area (Å²) in [5.74, 6) is -0.426. The number of benzene rings is 2. The highest BCUT2D eigenvalue weighted by Gasteiger charge is 2.31. The molecule has 1 unspecified atom stereocenters. The molecule has 1 atom stereocenters. The van der Waals surface area contributed by atoms with Gasteiger partial charge in [0.1, 0.15) is 5.82 Å². The molecule has 1 aliphatic carbocycles. The second-order valence-corrected chi connectivity index (χ2v) is 10.1. The molecule has 32 heavy (non-hydrogen) atoms. The average Bonchev–Trinajstić information content (AvgIpc) is 3.04. The van der Waals surface area contributed by atoms with Gasteiger partial charge in [0.2, 0.25) is 5.95 Å². The Kier molecular flexibility index (Phi) is 5.97. The van der Waals surface area contributed by atoms with Crippen LogP contribution in [0.1, 0.15) is 76.5 Å². The smallest absolute Gasteiger partial charge is 0.307 e. The van der Waals surface area contributed by atoms with Crippen molar-refractivity contribution >= 4 is 28.6 Å². The van der Waals surface area contributed by atoms with Crippen LogP contribution in [-0.2, 0) is 11.2 Å². The normalized spacial score (nSPS) is 18.2. The number of halogens is 1. The summed E-state index contributed by atoms with van der Waals surface area (Å²) in [5.41, 5.74) is 3.88. The predicted molar refractivity (Wildman–Crippen MR) is 126 cm³/mol. The van der Waals surface area contributed by atoms with Crippen LogP contribution >= 0.6 is 0 Å². The lowest BCUT2D eigenvalue weighted by molar-refractivity contribution is -0.136. The molecule has 1 aromatic heterocycles. The van der Waals surface area contributed by atoms with Gasteiger partial charge >= 0.3 is 5.97 Å². The Balaban J connectivity index is 1.79. The van der Waals surface area contributed by atoms with Gasteiger partial charge in [-0.05, 0) is 54.4 Å². The maximum absolute atomic E-state index is 14.8. The van der Waals surface area contributed by atoms with Crippen LogP contribution in [0.15, 0.2) is 36.4 Å². The molecule has 6 heteroatoms. The number of carboxylic acids is 1. The van der Waals surface area contributed by atoms with Crippen LogP contribution in [0, 0.1) is 11.2 Å². The number of carboxylic acid groups (broad SMARTS) is 1. The van der Waals surface area contributed by atoms with Gasteiger partial charge in [-0.25, -0.2) is 9.37 Å². The predicted octanol–water partition coefficient (Wildman–Crippen LogP) is 6.81. The molecular weight excluding hydrogens is 405 g/mol. The molecule has 1 heterocycles. The van der Waals surface area contributed by atoms with Gasteiger partial charge in [0.15, 0.2) is 0 Å². The van der Waals surface area contributed by atoms with Gasteiger partial charge < -0.3 is 15.0 Å². The van der Waals surface area contributed by atoms with Crippen LogP contribution in [0.25, 0.3) is 11.0 Å². The number of aromatic nitrogens is 2. The van der Waals surface area contributed by atoms with Gasteiger partial charge in [-0.3, -0.25) is 4.79 Å². The van der Waals surface area contributed by atoms with Crippen LogP contribution in [-0.4, -0.2) is 20.6 Å². The number of anilines is 2. The second kappa shape index (κ2) is 8.57. The van der Waals surface area contributed by atoms with E-state index < -0.39 is 11.8 Å². The first-order valence-electron chi connectivity index (χ1n) is 11.4. The van der Waals surface area contributed by atoms with E-state index in [9.17, 15) is 9.18 Å². The van der Waals surface area contributed by atoms with Crippen LogP contribution in [0.3, 0.4) is 0 Å². The maximum atomic E-state index is 14.8. The van der Waals surface area contributed by atoms with E-state index in [1.807, 2.05) is 12.1 Å². The SMILES string of the molecule is CC(C)c1ccc(Nc2nc3cc(CC(=O)O)c(F)cc3n2C2CCCC(C)(C)C2)cc1. The fraction of sp³-hybridized carbons (Fsp3) is 0.462. The molecule has 0 spiro atoms. The lowest BCUT2D eigenvalue weighted by atomic mass is 9.75. The van der Waals surface area contributed by atoms with Crippen molar-refractivity contribution in [1.82, 2.24) is 9.55 Å². The topological polar surface area (TPSA) is 67.2 Å². The Bertz CT molecular complexity index is 1130. The zero-order valence-electron chi connectivity index (χ0n) is 19.3. The van der Waals surface area contributed by atoms with E-state index in [-0.39, 0.29) is 23.4 Å². The minimum atomic E-state index is -1.06. The first-order chi connectivity index (χ1) is 15.1. The lowest BCUT2D eigenvalue weighted by Crippen LogP contribution is -2.25. The third-order valence-electron chi connectivity index (χ3n) is 6.58. The molecule has 1 fully saturated rings. The number of rotatable bonds is 6. The van der Waals surface area contributed by atoms with Crippen molar-refractivity contribution in [3.63, 3.8) is 0 Å². The Hall–Kier alpha value is -2.89. The van der Waals surface area contributed by atoms with Gasteiger partial charge in [-0.1, -0.05) is 46.2 Å². The maximum Gasteiger partial charge on any atom is 0.307 e. The highest BCUT2D eigenvalue weighted by molar-refractivity contribution is 5.82. The van der Waals surface area contributed by atoms with E-state index in [1.165, 1.54) is 18.1 Å². The van der Waals surface area contributed by atoms with E-state index in [4.69, 9.17) is 10.1 Å². The monoisotopic (exact) mass is 437 g/mol. The van der Waals surface area contributed by atoms with Crippen molar-refractivity contribution in [3.05, 3.63) is 53.3 Å². The number of nitrogens with zero attached hydrogens (tertiary/aromatic N) is 2. The van der Waals surface area contributed by atoms with E-state index in [0.29, 0.717) is 22.9 Å². The Morgan fingerprint density at radius 3 is 2.62 bits per heavy atom. The van der Waals surface area contributed by atoms with Crippen molar-refractivity contribution in [3.8, 4) is 0 Å². The number of fused-ring (bicyclic) bond motifs is 1. The zero-order chi connectivity index (χ0) is 23.0. The minimum absolute atomic E-state index is 0.159. The van der Waals surface area contributed by atoms with Crippen LogP contribution in [0.2, 0.25) is 0 Å². The molecule has 0 radical (unpaired) electrons. The Morgan fingerprint density at radius 1 is 1.28 bits per heavy atom. The molecule has 4 rings (SSSR count). The quantitative estimate of drug-likeness (QED) is 0.444. The third kappa shape index (κ3) is 4.64. The fourth-order valence-corrected chi connectivity index (χ4v) is 4.87. The third-order valence-corrected chi connectivity index (χ3v) is 6.58. The average molecular weight is 438 g/mol. The summed E-state index contributed by atoms with van der Waals surface area (Å²) in [7, 11) is 0. The zero-order valence-corrected chi connectivity index (χ0v) is 19.3. The van der Waals surface area contributed by atoms with E-state index in [1.54, 1.807) is 6.07 Å². The van der Waals surface area contributed by atoms with Crippen molar-refractivity contribution in [2.75, 3.05) is 5.32 Å². The Morgan fingerprint density at radius 2 is 2.00 bits per heavy atom. The summed E-state index contributed by atoms with van der Waals surface area (Å²) in [6.07, 6.45) is 3.92. The van der Waals surface area contributed by atoms with Gasteiger partial charge in [-0.2, -0.15) is 0 Å². The number of hydrogen-bond donors (Lipinski definition) is 2. The summed E-state index contributed by atoms with van der Waals surface area (Å²) < 4.78 is 16.9. The molecule has 2 aromatic carbocycles. The number of nitrogens with one attached hydrogen (secondary N) is 1. The summed E-state index contributed by atoms with van der Waals surface area (Å²) in [4.78, 5) is 15.9. The summed E-state index contributed by atoms with van der Waals surface area (Å²) in [5, 5.41) is 12.6. The molecular formula is C26H32FN3O2. The van der Waals surface area contributed by atoms with Gasteiger partial charge in [0.05, 0.1) is 17.5 Å².